The number of carbonyl (C=O) groups is 2. The van der Waals surface area contributed by atoms with E-state index >= 15 is 0 Å². The predicted octanol–water partition coefficient (Wildman–Crippen LogP) is 2.57. The largest absolute Gasteiger partial charge is 0.331 e. The second-order valence-corrected chi connectivity index (χ2v) is 6.17. The van der Waals surface area contributed by atoms with Gasteiger partial charge < -0.3 is 15.5 Å². The number of nitrogens with one attached hydrogen (secondary N) is 2. The van der Waals surface area contributed by atoms with Crippen molar-refractivity contribution in [1.82, 2.24) is 10.2 Å². The van der Waals surface area contributed by atoms with Crippen LogP contribution in [0.4, 0.5) is 10.1 Å². The van der Waals surface area contributed by atoms with Crippen LogP contribution in [0.3, 0.4) is 0 Å². The summed E-state index contributed by atoms with van der Waals surface area (Å²) in [5, 5.41) is 5.98. The number of anilines is 1. The highest BCUT2D eigenvalue weighted by Crippen LogP contribution is 2.13. The van der Waals surface area contributed by atoms with E-state index < -0.39 is 0 Å². The molecule has 1 unspecified atom stereocenters. The van der Waals surface area contributed by atoms with Gasteiger partial charge in [0.15, 0.2) is 0 Å². The van der Waals surface area contributed by atoms with E-state index in [2.05, 4.69) is 10.6 Å². The molecule has 1 saturated heterocycles. The molecule has 1 aromatic carbocycles. The van der Waals surface area contributed by atoms with E-state index in [4.69, 9.17) is 0 Å². The standard InChI is InChI=1S/C17H24FN3O2.ClH/c1-12(2)21(17(23)10-15-4-3-9-19-15)11-16(22)20-14-7-5-13(18)6-8-14;/h5-8,12,15,19H,3-4,9-11H2,1-2H3,(H,20,22);1H. The number of rotatable bonds is 6. The lowest BCUT2D eigenvalue weighted by atomic mass is 10.1. The molecule has 1 fully saturated rings. The Morgan fingerprint density at radius 2 is 2.00 bits per heavy atom. The van der Waals surface area contributed by atoms with Gasteiger partial charge in [-0.05, 0) is 57.5 Å². The summed E-state index contributed by atoms with van der Waals surface area (Å²) in [5.41, 5.74) is 0.519. The zero-order valence-corrected chi connectivity index (χ0v) is 14.9. The van der Waals surface area contributed by atoms with Crippen molar-refractivity contribution in [2.24, 2.45) is 0 Å². The quantitative estimate of drug-likeness (QED) is 0.822. The molecule has 1 heterocycles. The van der Waals surface area contributed by atoms with Crippen LogP contribution in [0.1, 0.15) is 33.1 Å². The second-order valence-electron chi connectivity index (χ2n) is 6.17. The van der Waals surface area contributed by atoms with Gasteiger partial charge in [0, 0.05) is 24.2 Å². The predicted molar refractivity (Wildman–Crippen MR) is 94.8 cm³/mol. The van der Waals surface area contributed by atoms with Gasteiger partial charge in [0.2, 0.25) is 11.8 Å². The topological polar surface area (TPSA) is 61.4 Å². The second kappa shape index (κ2) is 9.59. The summed E-state index contributed by atoms with van der Waals surface area (Å²) in [6.45, 7) is 4.74. The Morgan fingerprint density at radius 3 is 2.54 bits per heavy atom. The summed E-state index contributed by atoms with van der Waals surface area (Å²) in [7, 11) is 0. The van der Waals surface area contributed by atoms with Gasteiger partial charge in [-0.3, -0.25) is 9.59 Å². The summed E-state index contributed by atoms with van der Waals surface area (Å²) in [4.78, 5) is 26.2. The summed E-state index contributed by atoms with van der Waals surface area (Å²) in [6, 6.07) is 5.72. The highest BCUT2D eigenvalue weighted by atomic mass is 35.5. The third kappa shape index (κ3) is 6.09. The minimum absolute atomic E-state index is 0. The van der Waals surface area contributed by atoms with Crippen molar-refractivity contribution in [2.45, 2.75) is 45.2 Å². The summed E-state index contributed by atoms with van der Waals surface area (Å²) in [6.07, 6.45) is 2.51. The molecule has 1 aliphatic rings. The normalized spacial score (nSPS) is 16.6. The molecular weight excluding hydrogens is 333 g/mol. The molecule has 5 nitrogen and oxygen atoms in total. The van der Waals surface area contributed by atoms with Crippen molar-refractivity contribution >= 4 is 29.9 Å². The molecule has 2 amide bonds. The molecule has 0 bridgehead atoms. The van der Waals surface area contributed by atoms with Gasteiger partial charge in [0.05, 0.1) is 0 Å². The van der Waals surface area contributed by atoms with Gasteiger partial charge in [-0.25, -0.2) is 4.39 Å². The Labute approximate surface area is 148 Å². The lowest BCUT2D eigenvalue weighted by molar-refractivity contribution is -0.136. The Kier molecular flexibility index (Phi) is 8.15. The molecule has 1 aliphatic heterocycles. The van der Waals surface area contributed by atoms with Crippen molar-refractivity contribution < 1.29 is 14.0 Å². The maximum atomic E-state index is 12.9. The van der Waals surface area contributed by atoms with Gasteiger partial charge in [0.1, 0.15) is 12.4 Å². The van der Waals surface area contributed by atoms with E-state index in [1.165, 1.54) is 24.3 Å². The van der Waals surface area contributed by atoms with Crippen LogP contribution < -0.4 is 10.6 Å². The summed E-state index contributed by atoms with van der Waals surface area (Å²) >= 11 is 0. The lowest BCUT2D eigenvalue weighted by Gasteiger charge is -2.27. The van der Waals surface area contributed by atoms with Crippen molar-refractivity contribution in [2.75, 3.05) is 18.4 Å². The SMILES string of the molecule is CC(C)N(CC(=O)Nc1ccc(F)cc1)C(=O)CC1CCCN1.Cl. The minimum atomic E-state index is -0.356. The highest BCUT2D eigenvalue weighted by Gasteiger charge is 2.24. The van der Waals surface area contributed by atoms with Crippen LogP contribution in [0.15, 0.2) is 24.3 Å². The number of hydrogen-bond acceptors (Lipinski definition) is 3. The first kappa shape index (κ1) is 20.4. The van der Waals surface area contributed by atoms with E-state index in [9.17, 15) is 14.0 Å². The fourth-order valence-corrected chi connectivity index (χ4v) is 2.71. The zero-order chi connectivity index (χ0) is 16.8. The van der Waals surface area contributed by atoms with Crippen LogP contribution in [0.5, 0.6) is 0 Å². The fraction of sp³-hybridized carbons (Fsp3) is 0.529. The van der Waals surface area contributed by atoms with E-state index in [1.54, 1.807) is 4.90 Å². The molecule has 1 aromatic rings. The van der Waals surface area contributed by atoms with E-state index in [0.29, 0.717) is 12.1 Å². The Balaban J connectivity index is 0.00000288. The number of nitrogens with zero attached hydrogens (tertiary/aromatic N) is 1. The lowest BCUT2D eigenvalue weighted by Crippen LogP contribution is -2.44. The maximum absolute atomic E-state index is 12.9. The first-order chi connectivity index (χ1) is 11.0. The van der Waals surface area contributed by atoms with Crippen molar-refractivity contribution in [3.8, 4) is 0 Å². The van der Waals surface area contributed by atoms with Crippen molar-refractivity contribution in [3.05, 3.63) is 30.1 Å². The number of halogens is 2. The Bertz CT molecular complexity index is 545. The first-order valence-corrected chi connectivity index (χ1v) is 8.04. The highest BCUT2D eigenvalue weighted by molar-refractivity contribution is 5.94. The molecular formula is C17H25ClFN3O2. The fourth-order valence-electron chi connectivity index (χ4n) is 2.71. The number of carbonyl (C=O) groups excluding carboxylic acids is 2. The average Bonchev–Trinajstić information content (AvgIpc) is 2.99. The van der Waals surface area contributed by atoms with Crippen molar-refractivity contribution in [1.29, 1.82) is 0 Å². The smallest absolute Gasteiger partial charge is 0.244 e. The third-order valence-electron chi connectivity index (χ3n) is 3.97. The van der Waals surface area contributed by atoms with E-state index in [-0.39, 0.29) is 48.7 Å². The Hall–Kier alpha value is -1.66. The molecule has 0 aromatic heterocycles. The third-order valence-corrected chi connectivity index (χ3v) is 3.97. The van der Waals surface area contributed by atoms with E-state index in [1.807, 2.05) is 13.8 Å². The number of benzene rings is 1. The van der Waals surface area contributed by atoms with Crippen molar-refractivity contribution in [3.63, 3.8) is 0 Å². The summed E-state index contributed by atoms with van der Waals surface area (Å²) in [5.74, 6) is -0.655. The van der Waals surface area contributed by atoms with E-state index in [0.717, 1.165) is 19.4 Å². The summed E-state index contributed by atoms with van der Waals surface area (Å²) < 4.78 is 12.9. The van der Waals surface area contributed by atoms with Crippen LogP contribution in [-0.4, -0.2) is 41.9 Å². The van der Waals surface area contributed by atoms with Gasteiger partial charge in [0.25, 0.3) is 0 Å². The van der Waals surface area contributed by atoms with Gasteiger partial charge in [-0.15, -0.1) is 12.4 Å². The Morgan fingerprint density at radius 1 is 1.33 bits per heavy atom. The van der Waals surface area contributed by atoms with Gasteiger partial charge >= 0.3 is 0 Å². The molecule has 2 N–H and O–H groups in total. The monoisotopic (exact) mass is 357 g/mol. The molecule has 1 atom stereocenters. The molecule has 0 spiro atoms. The number of amides is 2. The maximum Gasteiger partial charge on any atom is 0.244 e. The van der Waals surface area contributed by atoms with Crippen LogP contribution in [-0.2, 0) is 9.59 Å². The van der Waals surface area contributed by atoms with Gasteiger partial charge in [-0.2, -0.15) is 0 Å². The molecule has 24 heavy (non-hydrogen) atoms. The molecule has 7 heteroatoms. The first-order valence-electron chi connectivity index (χ1n) is 8.04. The van der Waals surface area contributed by atoms with Crippen LogP contribution >= 0.6 is 12.4 Å². The molecule has 134 valence electrons. The molecule has 0 radical (unpaired) electrons. The van der Waals surface area contributed by atoms with Crippen LogP contribution in [0, 0.1) is 5.82 Å². The molecule has 2 rings (SSSR count). The van der Waals surface area contributed by atoms with Crippen LogP contribution in [0.2, 0.25) is 0 Å². The molecule has 0 saturated carbocycles. The molecule has 0 aliphatic carbocycles. The average molecular weight is 358 g/mol. The zero-order valence-electron chi connectivity index (χ0n) is 14.0. The van der Waals surface area contributed by atoms with Crippen LogP contribution in [0.25, 0.3) is 0 Å². The number of hydrogen-bond donors (Lipinski definition) is 2. The minimum Gasteiger partial charge on any atom is -0.331 e. The van der Waals surface area contributed by atoms with Gasteiger partial charge in [-0.1, -0.05) is 0 Å².